The smallest absolute Gasteiger partial charge is 0.146 e. The maximum Gasteiger partial charge on any atom is 0.146 e. The molecule has 3 aromatic rings. The van der Waals surface area contributed by atoms with Crippen LogP contribution in [-0.2, 0) is 6.61 Å². The molecule has 0 radical (unpaired) electrons. The molecule has 3 rings (SSSR count). The van der Waals surface area contributed by atoms with E-state index in [4.69, 9.17) is 32.5 Å². The Morgan fingerprint density at radius 2 is 1.88 bits per heavy atom. The van der Waals surface area contributed by atoms with Gasteiger partial charge in [-0.2, -0.15) is 0 Å². The van der Waals surface area contributed by atoms with Gasteiger partial charge in [0.25, 0.3) is 0 Å². The topological polar surface area (TPSA) is 48.2 Å². The van der Waals surface area contributed by atoms with Crippen molar-refractivity contribution in [3.05, 3.63) is 64.1 Å². The van der Waals surface area contributed by atoms with Crippen molar-refractivity contribution in [2.24, 2.45) is 0 Å². The van der Waals surface area contributed by atoms with Gasteiger partial charge in [0.15, 0.2) is 0 Å². The van der Waals surface area contributed by atoms with E-state index in [0.717, 1.165) is 17.1 Å². The Kier molecular flexibility index (Phi) is 5.07. The number of para-hydroxylation sites is 1. The first-order chi connectivity index (χ1) is 11.6. The number of rotatable bonds is 5. The fourth-order valence-electron chi connectivity index (χ4n) is 2.41. The van der Waals surface area contributed by atoms with Gasteiger partial charge in [0.1, 0.15) is 29.0 Å². The predicted molar refractivity (Wildman–Crippen MR) is 94.6 cm³/mol. The SMILES string of the molecule is CC(C)c1onc(-c2c(Cl)ccnc2Cl)c1COc1ccccc1. The minimum atomic E-state index is 0.148. The number of halogens is 2. The molecule has 1 aromatic carbocycles. The molecule has 6 heteroatoms. The fourth-order valence-corrected chi connectivity index (χ4v) is 2.94. The molecule has 4 nitrogen and oxygen atoms in total. The summed E-state index contributed by atoms with van der Waals surface area (Å²) in [5.74, 6) is 1.66. The van der Waals surface area contributed by atoms with Crippen LogP contribution in [0.1, 0.15) is 31.1 Å². The second-order valence-electron chi connectivity index (χ2n) is 5.59. The highest BCUT2D eigenvalue weighted by Crippen LogP contribution is 2.37. The van der Waals surface area contributed by atoms with E-state index in [1.165, 1.54) is 0 Å². The van der Waals surface area contributed by atoms with Crippen molar-refractivity contribution in [2.75, 3.05) is 0 Å². The number of aromatic nitrogens is 2. The quantitative estimate of drug-likeness (QED) is 0.542. The van der Waals surface area contributed by atoms with Gasteiger partial charge in [-0.1, -0.05) is 60.4 Å². The van der Waals surface area contributed by atoms with Crippen LogP contribution in [0.2, 0.25) is 10.2 Å². The zero-order chi connectivity index (χ0) is 17.1. The molecule has 0 aliphatic carbocycles. The summed E-state index contributed by atoms with van der Waals surface area (Å²) in [7, 11) is 0. The van der Waals surface area contributed by atoms with E-state index in [-0.39, 0.29) is 11.1 Å². The summed E-state index contributed by atoms with van der Waals surface area (Å²) in [6, 6.07) is 11.2. The molecule has 0 aliphatic rings. The molecular weight excluding hydrogens is 347 g/mol. The molecule has 0 bridgehead atoms. The molecule has 0 saturated heterocycles. The Labute approximate surface area is 150 Å². The highest BCUT2D eigenvalue weighted by molar-refractivity contribution is 6.38. The molecule has 0 fully saturated rings. The molecule has 24 heavy (non-hydrogen) atoms. The molecule has 0 atom stereocenters. The minimum absolute atomic E-state index is 0.148. The molecule has 0 N–H and O–H groups in total. The molecule has 2 heterocycles. The van der Waals surface area contributed by atoms with Crippen LogP contribution in [0.25, 0.3) is 11.3 Å². The van der Waals surface area contributed by atoms with E-state index in [1.54, 1.807) is 12.3 Å². The van der Waals surface area contributed by atoms with Crippen LogP contribution in [0.3, 0.4) is 0 Å². The number of nitrogens with zero attached hydrogens (tertiary/aromatic N) is 2. The Balaban J connectivity index is 2.01. The molecule has 124 valence electrons. The summed E-state index contributed by atoms with van der Waals surface area (Å²) in [5.41, 5.74) is 1.95. The van der Waals surface area contributed by atoms with Crippen LogP contribution >= 0.6 is 23.2 Å². The van der Waals surface area contributed by atoms with Gasteiger partial charge in [-0.15, -0.1) is 0 Å². The largest absolute Gasteiger partial charge is 0.489 e. The van der Waals surface area contributed by atoms with E-state index in [9.17, 15) is 0 Å². The number of benzene rings is 1. The van der Waals surface area contributed by atoms with E-state index < -0.39 is 0 Å². The van der Waals surface area contributed by atoms with Crippen molar-refractivity contribution in [3.8, 4) is 17.0 Å². The average Bonchev–Trinajstić information content (AvgIpc) is 2.97. The second-order valence-corrected chi connectivity index (χ2v) is 6.35. The third-order valence-corrected chi connectivity index (χ3v) is 4.16. The third-order valence-electron chi connectivity index (χ3n) is 3.56. The highest BCUT2D eigenvalue weighted by Gasteiger charge is 2.24. The first-order valence-corrected chi connectivity index (χ1v) is 8.30. The van der Waals surface area contributed by atoms with Gasteiger partial charge in [0.05, 0.1) is 16.1 Å². The van der Waals surface area contributed by atoms with Crippen molar-refractivity contribution < 1.29 is 9.26 Å². The monoisotopic (exact) mass is 362 g/mol. The highest BCUT2D eigenvalue weighted by atomic mass is 35.5. The van der Waals surface area contributed by atoms with Crippen molar-refractivity contribution >= 4 is 23.2 Å². The van der Waals surface area contributed by atoms with Gasteiger partial charge in [-0.3, -0.25) is 0 Å². The van der Waals surface area contributed by atoms with Crippen LogP contribution in [-0.4, -0.2) is 10.1 Å². The van der Waals surface area contributed by atoms with Crippen LogP contribution in [0.4, 0.5) is 0 Å². The van der Waals surface area contributed by atoms with Crippen LogP contribution in [0.15, 0.2) is 47.1 Å². The summed E-state index contributed by atoms with van der Waals surface area (Å²) < 4.78 is 11.4. The lowest BCUT2D eigenvalue weighted by Gasteiger charge is -2.10. The van der Waals surface area contributed by atoms with Gasteiger partial charge in [0.2, 0.25) is 0 Å². The predicted octanol–water partition coefficient (Wildman–Crippen LogP) is 5.75. The molecular formula is C18H16Cl2N2O2. The lowest BCUT2D eigenvalue weighted by Crippen LogP contribution is -2.01. The first kappa shape index (κ1) is 16.8. The fraction of sp³-hybridized carbons (Fsp3) is 0.222. The summed E-state index contributed by atoms with van der Waals surface area (Å²) in [6.45, 7) is 4.36. The molecule has 2 aromatic heterocycles. The normalized spacial score (nSPS) is 11.0. The zero-order valence-corrected chi connectivity index (χ0v) is 14.8. The lowest BCUT2D eigenvalue weighted by molar-refractivity contribution is 0.298. The van der Waals surface area contributed by atoms with Gasteiger partial charge < -0.3 is 9.26 Å². The Morgan fingerprint density at radius 1 is 1.12 bits per heavy atom. The Bertz CT molecular complexity index is 812. The molecule has 0 saturated carbocycles. The lowest BCUT2D eigenvalue weighted by atomic mass is 10.0. The van der Waals surface area contributed by atoms with Gasteiger partial charge >= 0.3 is 0 Å². The van der Waals surface area contributed by atoms with Crippen LogP contribution < -0.4 is 4.74 Å². The number of hydrogen-bond donors (Lipinski definition) is 0. The zero-order valence-electron chi connectivity index (χ0n) is 13.3. The summed E-state index contributed by atoms with van der Waals surface area (Å²) in [4.78, 5) is 4.09. The Morgan fingerprint density at radius 3 is 2.54 bits per heavy atom. The van der Waals surface area contributed by atoms with Gasteiger partial charge in [-0.05, 0) is 18.2 Å². The number of hydrogen-bond acceptors (Lipinski definition) is 4. The van der Waals surface area contributed by atoms with Crippen molar-refractivity contribution in [2.45, 2.75) is 26.4 Å². The van der Waals surface area contributed by atoms with Crippen molar-refractivity contribution in [1.82, 2.24) is 10.1 Å². The standard InChI is InChI=1S/C18H16Cl2N2O2/c1-11(2)17-13(10-23-12-6-4-3-5-7-12)16(22-24-17)15-14(19)8-9-21-18(15)20/h3-9,11H,10H2,1-2H3. The van der Waals surface area contributed by atoms with E-state index in [2.05, 4.69) is 10.1 Å². The maximum atomic E-state index is 6.30. The van der Waals surface area contributed by atoms with Crippen LogP contribution in [0, 0.1) is 0 Å². The summed E-state index contributed by atoms with van der Waals surface area (Å²) in [6.07, 6.45) is 1.55. The molecule has 0 amide bonds. The summed E-state index contributed by atoms with van der Waals surface area (Å²) in [5, 5.41) is 4.93. The average molecular weight is 363 g/mol. The van der Waals surface area contributed by atoms with E-state index in [1.807, 2.05) is 44.2 Å². The molecule has 0 aliphatic heterocycles. The molecule has 0 spiro atoms. The van der Waals surface area contributed by atoms with Gasteiger partial charge in [-0.25, -0.2) is 4.98 Å². The van der Waals surface area contributed by atoms with Crippen LogP contribution in [0.5, 0.6) is 5.75 Å². The molecule has 0 unspecified atom stereocenters. The van der Waals surface area contributed by atoms with Gasteiger partial charge in [0, 0.05) is 12.1 Å². The summed E-state index contributed by atoms with van der Waals surface area (Å²) >= 11 is 12.5. The number of pyridine rings is 1. The maximum absolute atomic E-state index is 6.30. The van der Waals surface area contributed by atoms with Crippen molar-refractivity contribution in [1.29, 1.82) is 0 Å². The second kappa shape index (κ2) is 7.24. The van der Waals surface area contributed by atoms with E-state index >= 15 is 0 Å². The first-order valence-electron chi connectivity index (χ1n) is 7.54. The third kappa shape index (κ3) is 3.40. The number of ether oxygens (including phenoxy) is 1. The minimum Gasteiger partial charge on any atom is -0.489 e. The Hall–Kier alpha value is -2.04. The van der Waals surface area contributed by atoms with E-state index in [0.29, 0.717) is 22.9 Å². The van der Waals surface area contributed by atoms with Crippen molar-refractivity contribution in [3.63, 3.8) is 0 Å².